The van der Waals surface area contributed by atoms with E-state index in [4.69, 9.17) is 36.7 Å². The SMILES string of the molecule is S=C(c1cc(C(=S)N(CCS)CCS)cc(C(=S)N(CCS)CCS)c1)N(CCS)CCS. The number of nitrogens with zero attached hydrogens (tertiary/aromatic N) is 3. The van der Waals surface area contributed by atoms with E-state index in [9.17, 15) is 0 Å². The van der Waals surface area contributed by atoms with Crippen LogP contribution in [0.5, 0.6) is 0 Å². The minimum atomic E-state index is 0.701. The molecular formula is C21H33N3S9. The molecular weight excluding hydrogens is 583 g/mol. The van der Waals surface area contributed by atoms with Gasteiger partial charge in [-0.2, -0.15) is 75.8 Å². The Morgan fingerprint density at radius 3 is 0.788 bits per heavy atom. The Balaban J connectivity index is 3.53. The summed E-state index contributed by atoms with van der Waals surface area (Å²) in [7, 11) is 0. The summed E-state index contributed by atoms with van der Waals surface area (Å²) in [4.78, 5) is 8.62. The predicted octanol–water partition coefficient (Wildman–Crippen LogP) is 4.20. The lowest BCUT2D eigenvalue weighted by Gasteiger charge is -2.28. The van der Waals surface area contributed by atoms with E-state index >= 15 is 0 Å². The van der Waals surface area contributed by atoms with Gasteiger partial charge >= 0.3 is 0 Å². The first-order chi connectivity index (χ1) is 15.9. The van der Waals surface area contributed by atoms with E-state index in [1.807, 2.05) is 0 Å². The Morgan fingerprint density at radius 1 is 0.455 bits per heavy atom. The highest BCUT2D eigenvalue weighted by Crippen LogP contribution is 2.19. The van der Waals surface area contributed by atoms with Crippen molar-refractivity contribution in [3.05, 3.63) is 34.9 Å². The highest BCUT2D eigenvalue weighted by molar-refractivity contribution is 7.82. The van der Waals surface area contributed by atoms with Gasteiger partial charge in [-0.3, -0.25) is 0 Å². The van der Waals surface area contributed by atoms with Gasteiger partial charge in [0.05, 0.1) is 0 Å². The van der Waals surface area contributed by atoms with Crippen LogP contribution in [-0.4, -0.2) is 103 Å². The van der Waals surface area contributed by atoms with Crippen LogP contribution in [0.3, 0.4) is 0 Å². The molecule has 0 aromatic heterocycles. The van der Waals surface area contributed by atoms with Crippen LogP contribution < -0.4 is 0 Å². The van der Waals surface area contributed by atoms with Gasteiger partial charge in [0.25, 0.3) is 0 Å². The molecule has 0 fully saturated rings. The average molecular weight is 616 g/mol. The molecule has 1 aromatic rings. The fraction of sp³-hybridized carbons (Fsp3) is 0.571. The van der Waals surface area contributed by atoms with Crippen LogP contribution in [-0.2, 0) is 0 Å². The second-order valence-corrected chi connectivity index (χ2v) is 10.9. The monoisotopic (exact) mass is 615 g/mol. The Bertz CT molecular complexity index is 645. The highest BCUT2D eigenvalue weighted by atomic mass is 32.1. The van der Waals surface area contributed by atoms with Gasteiger partial charge in [0.1, 0.15) is 15.0 Å². The normalized spacial score (nSPS) is 10.7. The standard InChI is InChI=1S/C21H33N3S9/c25-7-1-22(2-8-26)19(31)16-13-17(20(32)23(3-9-27)4-10-28)15-18(14-16)21(33)24(5-11-29)6-12-30/h13-15,25-30H,1-12H2. The summed E-state index contributed by atoms with van der Waals surface area (Å²) in [6, 6.07) is 6.19. The molecule has 0 aliphatic heterocycles. The molecule has 0 unspecified atom stereocenters. The summed E-state index contributed by atoms with van der Waals surface area (Å²) < 4.78 is 0. The van der Waals surface area contributed by atoms with Gasteiger partial charge in [0.2, 0.25) is 0 Å². The second kappa shape index (κ2) is 18.3. The van der Waals surface area contributed by atoms with Crippen molar-refractivity contribution in [2.45, 2.75) is 0 Å². The molecule has 0 atom stereocenters. The number of hydrogen-bond donors (Lipinski definition) is 6. The molecule has 186 valence electrons. The minimum Gasteiger partial charge on any atom is -0.361 e. The van der Waals surface area contributed by atoms with Crippen molar-refractivity contribution in [2.24, 2.45) is 0 Å². The average Bonchev–Trinajstić information content (AvgIpc) is 2.82. The van der Waals surface area contributed by atoms with Crippen molar-refractivity contribution in [1.29, 1.82) is 0 Å². The fourth-order valence-corrected chi connectivity index (χ4v) is 5.56. The van der Waals surface area contributed by atoms with Crippen molar-refractivity contribution in [3.8, 4) is 0 Å². The fourth-order valence-electron chi connectivity index (χ4n) is 3.21. The summed E-state index contributed by atoms with van der Waals surface area (Å²) in [6.45, 7) is 4.46. The highest BCUT2D eigenvalue weighted by Gasteiger charge is 2.19. The van der Waals surface area contributed by atoms with Crippen LogP contribution in [0, 0.1) is 0 Å². The van der Waals surface area contributed by atoms with E-state index in [1.165, 1.54) is 0 Å². The Kier molecular flexibility index (Phi) is 17.7. The van der Waals surface area contributed by atoms with Crippen molar-refractivity contribution >= 4 is 127 Å². The lowest BCUT2D eigenvalue weighted by molar-refractivity contribution is 0.480. The Hall–Kier alpha value is 0.990. The van der Waals surface area contributed by atoms with Gasteiger partial charge in [-0.05, 0) is 18.2 Å². The molecule has 0 radical (unpaired) electrons. The van der Waals surface area contributed by atoms with E-state index in [-0.39, 0.29) is 0 Å². The van der Waals surface area contributed by atoms with Gasteiger partial charge in [0.15, 0.2) is 0 Å². The zero-order valence-electron chi connectivity index (χ0n) is 18.5. The van der Waals surface area contributed by atoms with Crippen LogP contribution in [0.25, 0.3) is 0 Å². The van der Waals surface area contributed by atoms with Crippen LogP contribution >= 0.6 is 112 Å². The van der Waals surface area contributed by atoms with Gasteiger partial charge in [0, 0.05) is 90.5 Å². The van der Waals surface area contributed by atoms with Crippen LogP contribution in [0.2, 0.25) is 0 Å². The van der Waals surface area contributed by atoms with Gasteiger partial charge < -0.3 is 14.7 Å². The summed E-state index contributed by atoms with van der Waals surface area (Å²) in [5.41, 5.74) is 2.75. The lowest BCUT2D eigenvalue weighted by atomic mass is 10.0. The molecule has 0 N–H and O–H groups in total. The van der Waals surface area contributed by atoms with Crippen molar-refractivity contribution in [2.75, 3.05) is 73.8 Å². The zero-order chi connectivity index (χ0) is 24.8. The number of rotatable bonds is 15. The topological polar surface area (TPSA) is 9.72 Å². The summed E-state index contributed by atoms with van der Waals surface area (Å²) in [6.07, 6.45) is 0. The van der Waals surface area contributed by atoms with Gasteiger partial charge in [-0.1, -0.05) is 36.7 Å². The molecule has 33 heavy (non-hydrogen) atoms. The number of thiol groups is 6. The third kappa shape index (κ3) is 10.5. The molecule has 0 bridgehead atoms. The Labute approximate surface area is 248 Å². The first-order valence-corrected chi connectivity index (χ1v) is 15.6. The maximum atomic E-state index is 5.90. The van der Waals surface area contributed by atoms with E-state index in [2.05, 4.69) is 109 Å². The van der Waals surface area contributed by atoms with E-state index < -0.39 is 0 Å². The number of thiocarbonyl (C=S) groups is 3. The molecule has 1 aromatic carbocycles. The molecule has 0 amide bonds. The molecule has 3 nitrogen and oxygen atoms in total. The van der Waals surface area contributed by atoms with Crippen molar-refractivity contribution in [1.82, 2.24) is 14.7 Å². The maximum absolute atomic E-state index is 5.90. The summed E-state index contributed by atoms with van der Waals surface area (Å²) in [5.74, 6) is 4.21. The number of hydrogen-bond acceptors (Lipinski definition) is 9. The lowest BCUT2D eigenvalue weighted by Crippen LogP contribution is -2.37. The second-order valence-electron chi connectivity index (χ2n) is 7.02. The van der Waals surface area contributed by atoms with Gasteiger partial charge in [-0.25, -0.2) is 0 Å². The molecule has 0 aliphatic carbocycles. The van der Waals surface area contributed by atoms with E-state index in [1.54, 1.807) is 0 Å². The van der Waals surface area contributed by atoms with E-state index in [0.29, 0.717) is 34.5 Å². The third-order valence-electron chi connectivity index (χ3n) is 4.76. The molecule has 12 heteroatoms. The zero-order valence-corrected chi connectivity index (χ0v) is 26.3. The quantitative estimate of drug-likeness (QED) is 0.130. The maximum Gasteiger partial charge on any atom is 0.109 e. The van der Waals surface area contributed by atoms with Crippen LogP contribution in [0.1, 0.15) is 16.7 Å². The summed E-state index contributed by atoms with van der Waals surface area (Å²) >= 11 is 44.1. The Morgan fingerprint density at radius 2 is 0.636 bits per heavy atom. The van der Waals surface area contributed by atoms with Crippen molar-refractivity contribution < 1.29 is 0 Å². The first kappa shape index (κ1) is 32.0. The first-order valence-electron chi connectivity index (χ1n) is 10.6. The molecule has 0 spiro atoms. The van der Waals surface area contributed by atoms with Crippen LogP contribution in [0.4, 0.5) is 0 Å². The molecule has 0 saturated carbocycles. The number of benzene rings is 1. The predicted molar refractivity (Wildman–Crippen MR) is 179 cm³/mol. The molecule has 0 aliphatic rings. The molecule has 1 rings (SSSR count). The van der Waals surface area contributed by atoms with Crippen molar-refractivity contribution in [3.63, 3.8) is 0 Å². The molecule has 0 saturated heterocycles. The summed E-state index contributed by atoms with van der Waals surface area (Å²) in [5, 5.41) is 0. The third-order valence-corrected chi connectivity index (χ3v) is 7.44. The van der Waals surface area contributed by atoms with E-state index in [0.717, 1.165) is 70.9 Å². The largest absolute Gasteiger partial charge is 0.361 e. The molecule has 0 heterocycles. The smallest absolute Gasteiger partial charge is 0.109 e. The minimum absolute atomic E-state index is 0.701. The van der Waals surface area contributed by atoms with Crippen LogP contribution in [0.15, 0.2) is 18.2 Å². The van der Waals surface area contributed by atoms with Gasteiger partial charge in [-0.15, -0.1) is 0 Å².